The minimum absolute atomic E-state index is 0.0140. The Morgan fingerprint density at radius 2 is 1.62 bits per heavy atom. The van der Waals surface area contributed by atoms with Gasteiger partial charge in [-0.2, -0.15) is 0 Å². The second-order valence-corrected chi connectivity index (χ2v) is 5.21. The molecule has 1 aliphatic heterocycles. The Hall–Kier alpha value is -2.17. The largest absolute Gasteiger partial charge is 0.377 e. The normalized spacial score (nSPS) is 16.0. The van der Waals surface area contributed by atoms with E-state index in [-0.39, 0.29) is 11.7 Å². The van der Waals surface area contributed by atoms with E-state index in [9.17, 15) is 8.78 Å². The lowest BCUT2D eigenvalue weighted by Crippen LogP contribution is -2.39. The van der Waals surface area contributed by atoms with Crippen molar-refractivity contribution in [2.45, 2.75) is 18.9 Å². The molecule has 1 N–H and O–H groups in total. The molecule has 0 aliphatic carbocycles. The number of hydrogen-bond donors (Lipinski definition) is 1. The van der Waals surface area contributed by atoms with Gasteiger partial charge in [0.05, 0.1) is 0 Å². The van der Waals surface area contributed by atoms with E-state index in [0.717, 1.165) is 31.6 Å². The molecule has 0 spiro atoms. The van der Waals surface area contributed by atoms with Crippen LogP contribution in [-0.4, -0.2) is 24.1 Å². The SMILES string of the molecule is Fc1cccc(F)c1NC1CCN(c2ccncc2)CC1. The summed E-state index contributed by atoms with van der Waals surface area (Å²) in [6.07, 6.45) is 5.23. The monoisotopic (exact) mass is 289 g/mol. The summed E-state index contributed by atoms with van der Waals surface area (Å²) in [6, 6.07) is 7.97. The van der Waals surface area contributed by atoms with E-state index in [1.165, 1.54) is 18.2 Å². The van der Waals surface area contributed by atoms with Crippen molar-refractivity contribution < 1.29 is 8.78 Å². The summed E-state index contributed by atoms with van der Waals surface area (Å²) >= 11 is 0. The highest BCUT2D eigenvalue weighted by Crippen LogP contribution is 2.24. The number of pyridine rings is 1. The smallest absolute Gasteiger partial charge is 0.149 e. The number of nitrogens with zero attached hydrogens (tertiary/aromatic N) is 2. The predicted molar refractivity (Wildman–Crippen MR) is 79.5 cm³/mol. The van der Waals surface area contributed by atoms with E-state index in [1.54, 1.807) is 12.4 Å². The van der Waals surface area contributed by atoms with Gasteiger partial charge in [-0.15, -0.1) is 0 Å². The van der Waals surface area contributed by atoms with Gasteiger partial charge in [-0.3, -0.25) is 4.98 Å². The topological polar surface area (TPSA) is 28.2 Å². The molecule has 0 amide bonds. The van der Waals surface area contributed by atoms with Crippen molar-refractivity contribution in [1.29, 1.82) is 0 Å². The average Bonchev–Trinajstić information content (AvgIpc) is 2.53. The van der Waals surface area contributed by atoms with Crippen molar-refractivity contribution in [3.05, 3.63) is 54.4 Å². The van der Waals surface area contributed by atoms with Crippen LogP contribution in [-0.2, 0) is 0 Å². The van der Waals surface area contributed by atoms with Crippen molar-refractivity contribution in [2.24, 2.45) is 0 Å². The molecule has 0 bridgehead atoms. The van der Waals surface area contributed by atoms with E-state index in [4.69, 9.17) is 0 Å². The third kappa shape index (κ3) is 3.12. The fraction of sp³-hybridized carbons (Fsp3) is 0.312. The minimum Gasteiger partial charge on any atom is -0.377 e. The second kappa shape index (κ2) is 6.08. The number of anilines is 2. The van der Waals surface area contributed by atoms with E-state index < -0.39 is 11.6 Å². The van der Waals surface area contributed by atoms with Gasteiger partial charge in [0.1, 0.15) is 17.3 Å². The van der Waals surface area contributed by atoms with Crippen LogP contribution in [0.2, 0.25) is 0 Å². The van der Waals surface area contributed by atoms with Gasteiger partial charge in [0.25, 0.3) is 0 Å². The summed E-state index contributed by atoms with van der Waals surface area (Å²) in [5, 5.41) is 3.00. The first kappa shape index (κ1) is 13.8. The summed E-state index contributed by atoms with van der Waals surface area (Å²) in [5.41, 5.74) is 1.13. The minimum atomic E-state index is -0.536. The number of piperidine rings is 1. The number of aromatic nitrogens is 1. The Labute approximate surface area is 122 Å². The van der Waals surface area contributed by atoms with Gasteiger partial charge < -0.3 is 10.2 Å². The summed E-state index contributed by atoms with van der Waals surface area (Å²) < 4.78 is 27.3. The molecule has 2 aromatic rings. The molecule has 0 unspecified atom stereocenters. The molecule has 1 fully saturated rings. The summed E-state index contributed by atoms with van der Waals surface area (Å²) in [4.78, 5) is 6.27. The maximum Gasteiger partial charge on any atom is 0.149 e. The molecule has 0 saturated carbocycles. The predicted octanol–water partition coefficient (Wildman–Crippen LogP) is 3.44. The highest BCUT2D eigenvalue weighted by atomic mass is 19.1. The molecule has 21 heavy (non-hydrogen) atoms. The van der Waals surface area contributed by atoms with Crippen molar-refractivity contribution in [2.75, 3.05) is 23.3 Å². The van der Waals surface area contributed by atoms with Crippen LogP contribution in [0.1, 0.15) is 12.8 Å². The summed E-state index contributed by atoms with van der Waals surface area (Å²) in [6.45, 7) is 1.72. The Morgan fingerprint density at radius 1 is 1.00 bits per heavy atom. The number of benzene rings is 1. The third-order valence-corrected chi connectivity index (χ3v) is 3.83. The molecular formula is C16H17F2N3. The molecule has 5 heteroatoms. The van der Waals surface area contributed by atoms with Crippen LogP contribution < -0.4 is 10.2 Å². The van der Waals surface area contributed by atoms with Crippen LogP contribution in [0.25, 0.3) is 0 Å². The average molecular weight is 289 g/mol. The first-order valence-corrected chi connectivity index (χ1v) is 7.09. The van der Waals surface area contributed by atoms with E-state index in [0.29, 0.717) is 0 Å². The van der Waals surface area contributed by atoms with Crippen molar-refractivity contribution in [3.8, 4) is 0 Å². The van der Waals surface area contributed by atoms with Crippen LogP contribution in [0.5, 0.6) is 0 Å². The van der Waals surface area contributed by atoms with Gasteiger partial charge in [0, 0.05) is 37.2 Å². The number of nitrogens with one attached hydrogen (secondary N) is 1. The zero-order valence-electron chi connectivity index (χ0n) is 11.6. The molecule has 0 atom stereocenters. The standard InChI is InChI=1S/C16H17F2N3/c17-14-2-1-3-15(18)16(14)20-12-6-10-21(11-7-12)13-4-8-19-9-5-13/h1-5,8-9,12,20H,6-7,10-11H2. The Bertz CT molecular complexity index is 575. The van der Waals surface area contributed by atoms with Gasteiger partial charge in [-0.05, 0) is 37.1 Å². The fourth-order valence-electron chi connectivity index (χ4n) is 2.68. The first-order chi connectivity index (χ1) is 10.2. The fourth-order valence-corrected chi connectivity index (χ4v) is 2.68. The number of hydrogen-bond acceptors (Lipinski definition) is 3. The second-order valence-electron chi connectivity index (χ2n) is 5.21. The Kier molecular flexibility index (Phi) is 3.99. The molecule has 3 nitrogen and oxygen atoms in total. The Balaban J connectivity index is 1.62. The van der Waals surface area contributed by atoms with Crippen molar-refractivity contribution in [1.82, 2.24) is 4.98 Å². The van der Waals surface area contributed by atoms with Crippen molar-refractivity contribution >= 4 is 11.4 Å². The first-order valence-electron chi connectivity index (χ1n) is 7.09. The van der Waals surface area contributed by atoms with Crippen molar-refractivity contribution in [3.63, 3.8) is 0 Å². The lowest BCUT2D eigenvalue weighted by Gasteiger charge is -2.34. The lowest BCUT2D eigenvalue weighted by molar-refractivity contribution is 0.515. The number of rotatable bonds is 3. The molecule has 0 radical (unpaired) electrons. The van der Waals surface area contributed by atoms with Gasteiger partial charge >= 0.3 is 0 Å². The zero-order valence-corrected chi connectivity index (χ0v) is 11.6. The van der Waals surface area contributed by atoms with E-state index in [2.05, 4.69) is 15.2 Å². The summed E-state index contributed by atoms with van der Waals surface area (Å²) in [5.74, 6) is -1.07. The maximum absolute atomic E-state index is 13.6. The molecule has 110 valence electrons. The van der Waals surface area contributed by atoms with Crippen LogP contribution in [0, 0.1) is 11.6 Å². The van der Waals surface area contributed by atoms with E-state index in [1.807, 2.05) is 12.1 Å². The molecule has 1 aromatic heterocycles. The zero-order chi connectivity index (χ0) is 14.7. The highest BCUT2D eigenvalue weighted by Gasteiger charge is 2.21. The van der Waals surface area contributed by atoms with Crippen LogP contribution in [0.15, 0.2) is 42.7 Å². The van der Waals surface area contributed by atoms with Gasteiger partial charge in [0.2, 0.25) is 0 Å². The highest BCUT2D eigenvalue weighted by molar-refractivity contribution is 5.48. The molecule has 3 rings (SSSR count). The molecule has 1 saturated heterocycles. The number of para-hydroxylation sites is 1. The Morgan fingerprint density at radius 3 is 2.24 bits per heavy atom. The quantitative estimate of drug-likeness (QED) is 0.938. The third-order valence-electron chi connectivity index (χ3n) is 3.83. The summed E-state index contributed by atoms with van der Waals surface area (Å²) in [7, 11) is 0. The van der Waals surface area contributed by atoms with E-state index >= 15 is 0 Å². The molecule has 1 aliphatic rings. The molecule has 2 heterocycles. The van der Waals surface area contributed by atoms with Crippen LogP contribution >= 0.6 is 0 Å². The number of halogens is 2. The maximum atomic E-state index is 13.6. The molecule has 1 aromatic carbocycles. The van der Waals surface area contributed by atoms with Gasteiger partial charge in [-0.25, -0.2) is 8.78 Å². The lowest BCUT2D eigenvalue weighted by atomic mass is 10.0. The van der Waals surface area contributed by atoms with Crippen LogP contribution in [0.3, 0.4) is 0 Å². The van der Waals surface area contributed by atoms with Crippen LogP contribution in [0.4, 0.5) is 20.2 Å². The molecular weight excluding hydrogens is 272 g/mol. The van der Waals surface area contributed by atoms with Gasteiger partial charge in [0.15, 0.2) is 0 Å². The van der Waals surface area contributed by atoms with Gasteiger partial charge in [-0.1, -0.05) is 6.07 Å².